The van der Waals surface area contributed by atoms with Crippen molar-refractivity contribution >= 4 is 35.1 Å². The first-order valence-electron chi connectivity index (χ1n) is 10.6. The van der Waals surface area contributed by atoms with E-state index < -0.39 is 0 Å². The standard InChI is InChI=1S/C24H25N6O2/c1-29(2)22-11-21(16-8-9-20(26-12-16)24(31)32-3)28-23-18(14-27-30(22)23)17-10-15-6-4-5-7-19(15)25-13-17/h4-7,10-11,13-14,16,20,26H,1,8-9,12H2,2-3H3/q+1. The first kappa shape index (κ1) is 20.3. The van der Waals surface area contributed by atoms with Crippen LogP contribution in [-0.2, 0) is 9.53 Å². The van der Waals surface area contributed by atoms with E-state index in [0.29, 0.717) is 13.0 Å². The van der Waals surface area contributed by atoms with E-state index in [1.54, 1.807) is 4.58 Å². The summed E-state index contributed by atoms with van der Waals surface area (Å²) in [6, 6.07) is 11.9. The molecule has 1 aliphatic heterocycles. The van der Waals surface area contributed by atoms with Gasteiger partial charge in [-0.25, -0.2) is 9.56 Å². The molecule has 1 fully saturated rings. The zero-order valence-electron chi connectivity index (χ0n) is 18.2. The Bertz CT molecular complexity index is 1340. The van der Waals surface area contributed by atoms with Gasteiger partial charge in [-0.3, -0.25) is 9.78 Å². The van der Waals surface area contributed by atoms with Gasteiger partial charge in [0.2, 0.25) is 0 Å². The molecule has 1 aromatic carbocycles. The number of aromatic nitrogens is 4. The molecule has 5 rings (SSSR count). The number of hydrogen-bond donors (Lipinski definition) is 1. The van der Waals surface area contributed by atoms with Crippen LogP contribution in [0.1, 0.15) is 24.5 Å². The molecule has 0 saturated carbocycles. The van der Waals surface area contributed by atoms with Gasteiger partial charge in [-0.15, -0.1) is 0 Å². The third-order valence-electron chi connectivity index (χ3n) is 6.08. The Balaban J connectivity index is 1.57. The average Bonchev–Trinajstić information content (AvgIpc) is 3.26. The Hall–Kier alpha value is -3.65. The molecule has 2 unspecified atom stereocenters. The molecule has 4 aromatic rings. The van der Waals surface area contributed by atoms with Gasteiger partial charge in [-0.2, -0.15) is 0 Å². The monoisotopic (exact) mass is 429 g/mol. The highest BCUT2D eigenvalue weighted by Crippen LogP contribution is 2.31. The molecule has 8 heteroatoms. The number of carbonyl (C=O) groups is 1. The van der Waals surface area contributed by atoms with Gasteiger partial charge in [0, 0.05) is 29.6 Å². The highest BCUT2D eigenvalue weighted by atomic mass is 16.5. The maximum absolute atomic E-state index is 11.9. The molecule has 0 radical (unpaired) electrons. The van der Waals surface area contributed by atoms with Gasteiger partial charge >= 0.3 is 11.8 Å². The summed E-state index contributed by atoms with van der Waals surface area (Å²) < 4.78 is 8.48. The van der Waals surface area contributed by atoms with Crippen molar-refractivity contribution < 1.29 is 14.1 Å². The molecule has 1 saturated heterocycles. The number of piperidine rings is 1. The minimum Gasteiger partial charge on any atom is -0.468 e. The summed E-state index contributed by atoms with van der Waals surface area (Å²) in [5.41, 5.74) is 4.56. The summed E-state index contributed by atoms with van der Waals surface area (Å²) in [6.45, 7) is 4.73. The van der Waals surface area contributed by atoms with Gasteiger partial charge in [-0.05, 0) is 25.0 Å². The number of carbonyl (C=O) groups excluding carboxylic acids is 1. The third-order valence-corrected chi connectivity index (χ3v) is 6.08. The summed E-state index contributed by atoms with van der Waals surface area (Å²) in [4.78, 5) is 21.5. The van der Waals surface area contributed by atoms with Crippen LogP contribution >= 0.6 is 0 Å². The van der Waals surface area contributed by atoms with Crippen LogP contribution in [0, 0.1) is 0 Å². The number of methoxy groups -OCH3 is 1. The van der Waals surface area contributed by atoms with Crippen LogP contribution in [0.3, 0.4) is 0 Å². The summed E-state index contributed by atoms with van der Waals surface area (Å²) in [5.74, 6) is 0.809. The SMILES string of the molecule is C=[N+](C)c1cc(C2CCC(C(=O)OC)NC2)nc2c(-c3cnc4ccccc4c3)cnn12. The van der Waals surface area contributed by atoms with Crippen LogP contribution in [0.25, 0.3) is 27.7 Å². The Morgan fingerprint density at radius 3 is 2.84 bits per heavy atom. The summed E-state index contributed by atoms with van der Waals surface area (Å²) in [6.07, 6.45) is 5.25. The topological polar surface area (TPSA) is 84.4 Å². The van der Waals surface area contributed by atoms with E-state index in [1.807, 2.05) is 48.2 Å². The van der Waals surface area contributed by atoms with E-state index in [1.165, 1.54) is 7.11 Å². The van der Waals surface area contributed by atoms with Crippen LogP contribution in [0.5, 0.6) is 0 Å². The van der Waals surface area contributed by atoms with Crippen molar-refractivity contribution in [1.82, 2.24) is 24.9 Å². The molecular weight excluding hydrogens is 404 g/mol. The number of fused-ring (bicyclic) bond motifs is 2. The number of pyridine rings is 1. The summed E-state index contributed by atoms with van der Waals surface area (Å²) >= 11 is 0. The van der Waals surface area contributed by atoms with E-state index in [9.17, 15) is 4.79 Å². The molecule has 0 amide bonds. The fraction of sp³-hybridized carbons (Fsp3) is 0.292. The third kappa shape index (κ3) is 3.52. The van der Waals surface area contributed by atoms with Crippen molar-refractivity contribution in [2.45, 2.75) is 24.8 Å². The molecule has 32 heavy (non-hydrogen) atoms. The van der Waals surface area contributed by atoms with Crippen LogP contribution in [0.4, 0.5) is 5.82 Å². The maximum atomic E-state index is 11.9. The number of nitrogens with one attached hydrogen (secondary N) is 1. The second kappa shape index (κ2) is 8.12. The van der Waals surface area contributed by atoms with Crippen LogP contribution in [-0.4, -0.2) is 63.6 Å². The maximum Gasteiger partial charge on any atom is 0.322 e. The van der Waals surface area contributed by atoms with Crippen molar-refractivity contribution in [1.29, 1.82) is 0 Å². The lowest BCUT2D eigenvalue weighted by molar-refractivity contribution is -0.401. The van der Waals surface area contributed by atoms with Gasteiger partial charge < -0.3 is 10.1 Å². The van der Waals surface area contributed by atoms with E-state index in [-0.39, 0.29) is 17.9 Å². The summed E-state index contributed by atoms with van der Waals surface area (Å²) in [7, 11) is 3.31. The minimum atomic E-state index is -0.260. The van der Waals surface area contributed by atoms with Gasteiger partial charge in [0.1, 0.15) is 6.04 Å². The molecule has 4 heterocycles. The van der Waals surface area contributed by atoms with Crippen LogP contribution in [0.2, 0.25) is 0 Å². The summed E-state index contributed by atoms with van der Waals surface area (Å²) in [5, 5.41) is 8.97. The molecule has 2 atom stereocenters. The number of rotatable bonds is 4. The largest absolute Gasteiger partial charge is 0.468 e. The van der Waals surface area contributed by atoms with E-state index in [0.717, 1.165) is 45.6 Å². The molecular formula is C24H25N6O2+. The van der Waals surface area contributed by atoms with Gasteiger partial charge in [0.25, 0.3) is 5.65 Å². The first-order valence-corrected chi connectivity index (χ1v) is 10.6. The zero-order chi connectivity index (χ0) is 22.2. The molecule has 3 aromatic heterocycles. The fourth-order valence-corrected chi connectivity index (χ4v) is 4.32. The number of benzene rings is 1. The lowest BCUT2D eigenvalue weighted by atomic mass is 9.91. The molecule has 0 aliphatic carbocycles. The normalized spacial score (nSPS) is 18.7. The van der Waals surface area contributed by atoms with Crippen molar-refractivity contribution in [2.75, 3.05) is 20.7 Å². The van der Waals surface area contributed by atoms with Crippen LogP contribution < -0.4 is 5.32 Å². The highest BCUT2D eigenvalue weighted by molar-refractivity contribution is 5.86. The van der Waals surface area contributed by atoms with Crippen molar-refractivity contribution in [3.05, 3.63) is 54.5 Å². The predicted octanol–water partition coefficient (Wildman–Crippen LogP) is 2.93. The van der Waals surface area contributed by atoms with Crippen LogP contribution in [0.15, 0.2) is 48.8 Å². The molecule has 8 nitrogen and oxygen atoms in total. The number of para-hydroxylation sites is 1. The Morgan fingerprint density at radius 1 is 1.25 bits per heavy atom. The highest BCUT2D eigenvalue weighted by Gasteiger charge is 2.30. The number of esters is 1. The lowest BCUT2D eigenvalue weighted by Gasteiger charge is -2.27. The smallest absolute Gasteiger partial charge is 0.322 e. The van der Waals surface area contributed by atoms with E-state index >= 15 is 0 Å². The zero-order valence-corrected chi connectivity index (χ0v) is 18.2. The number of hydrogen-bond acceptors (Lipinski definition) is 6. The van der Waals surface area contributed by atoms with Gasteiger partial charge in [0.15, 0.2) is 0 Å². The lowest BCUT2D eigenvalue weighted by Crippen LogP contribution is -2.44. The van der Waals surface area contributed by atoms with Crippen molar-refractivity contribution in [3.63, 3.8) is 0 Å². The fourth-order valence-electron chi connectivity index (χ4n) is 4.32. The Morgan fingerprint density at radius 2 is 2.09 bits per heavy atom. The molecule has 0 bridgehead atoms. The molecule has 0 spiro atoms. The van der Waals surface area contributed by atoms with E-state index in [4.69, 9.17) is 9.72 Å². The van der Waals surface area contributed by atoms with Crippen molar-refractivity contribution in [3.8, 4) is 11.1 Å². The second-order valence-electron chi connectivity index (χ2n) is 8.21. The first-order chi connectivity index (χ1) is 15.5. The van der Waals surface area contributed by atoms with E-state index in [2.05, 4.69) is 34.2 Å². The van der Waals surface area contributed by atoms with Gasteiger partial charge in [0.05, 0.1) is 49.9 Å². The quantitative estimate of drug-likeness (QED) is 0.305. The minimum absolute atomic E-state index is 0.178. The molecule has 1 aliphatic rings. The van der Waals surface area contributed by atoms with Crippen molar-refractivity contribution in [2.24, 2.45) is 0 Å². The molecule has 162 valence electrons. The predicted molar refractivity (Wildman–Crippen MR) is 122 cm³/mol. The Labute approximate surface area is 185 Å². The average molecular weight is 430 g/mol. The molecule has 1 N–H and O–H groups in total. The Kier molecular flexibility index (Phi) is 5.14. The van der Waals surface area contributed by atoms with Gasteiger partial charge in [-0.1, -0.05) is 27.8 Å². The number of nitrogens with zero attached hydrogens (tertiary/aromatic N) is 5. The number of ether oxygens (including phenoxy) is 1. The second-order valence-corrected chi connectivity index (χ2v) is 8.21.